The van der Waals surface area contributed by atoms with Crippen molar-refractivity contribution >= 4 is 23.0 Å². The molecule has 0 aliphatic carbocycles. The molecule has 0 saturated heterocycles. The van der Waals surface area contributed by atoms with Crippen molar-refractivity contribution in [3.63, 3.8) is 0 Å². The number of halogens is 1. The normalized spacial score (nSPS) is 12.6. The average molecular weight is 276 g/mol. The zero-order chi connectivity index (χ0) is 13.2. The maximum atomic E-state index is 5.95. The molecule has 0 saturated carbocycles. The van der Waals surface area contributed by atoms with Gasteiger partial charge in [-0.1, -0.05) is 37.1 Å². The highest BCUT2D eigenvalue weighted by molar-refractivity contribution is 6.29. The zero-order valence-electron chi connectivity index (χ0n) is 10.6. The van der Waals surface area contributed by atoms with Crippen LogP contribution in [-0.2, 0) is 0 Å². The number of anilines is 2. The van der Waals surface area contributed by atoms with E-state index in [1.54, 1.807) is 6.07 Å². The average Bonchev–Trinajstić information content (AvgIpc) is 2.44. The van der Waals surface area contributed by atoms with Gasteiger partial charge in [0, 0.05) is 12.6 Å². The summed E-state index contributed by atoms with van der Waals surface area (Å²) in [4.78, 5) is 2.19. The Morgan fingerprint density at radius 3 is 2.89 bits per heavy atom. The maximum Gasteiger partial charge on any atom is 0.263 e. The minimum atomic E-state index is 0.378. The van der Waals surface area contributed by atoms with Crippen LogP contribution in [0.25, 0.3) is 0 Å². The van der Waals surface area contributed by atoms with Crippen molar-refractivity contribution in [2.45, 2.75) is 19.8 Å². The number of para-hydroxylation sites is 2. The highest BCUT2D eigenvalue weighted by Crippen LogP contribution is 2.45. The second kappa shape index (κ2) is 5.05. The largest absolute Gasteiger partial charge is 0.434 e. The van der Waals surface area contributed by atoms with Gasteiger partial charge in [0.1, 0.15) is 5.69 Å². The van der Waals surface area contributed by atoms with Crippen LogP contribution in [0.1, 0.15) is 19.8 Å². The van der Waals surface area contributed by atoms with Crippen LogP contribution in [-0.4, -0.2) is 16.7 Å². The third-order valence-corrected chi connectivity index (χ3v) is 3.28. The lowest BCUT2D eigenvalue weighted by atomic mass is 10.2. The lowest BCUT2D eigenvalue weighted by molar-refractivity contribution is 0.446. The standard InChI is InChI=1S/C14H14ClN3O/c1-2-3-8-18-10-6-4-5-7-12(10)19-14-11(18)9-13(15)16-17-14/h4-7,9H,2-3,8H2,1H3. The van der Waals surface area contributed by atoms with Crippen molar-refractivity contribution in [1.82, 2.24) is 10.2 Å². The molecule has 1 aromatic carbocycles. The summed E-state index contributed by atoms with van der Waals surface area (Å²) in [6.07, 6.45) is 2.22. The first kappa shape index (κ1) is 12.2. The molecular weight excluding hydrogens is 262 g/mol. The molecule has 0 unspecified atom stereocenters. The quantitative estimate of drug-likeness (QED) is 0.842. The molecule has 0 bridgehead atoms. The molecule has 3 rings (SSSR count). The first-order chi connectivity index (χ1) is 9.29. The van der Waals surface area contributed by atoms with Gasteiger partial charge in [-0.15, -0.1) is 10.2 Å². The molecule has 1 aliphatic heterocycles. The Labute approximate surface area is 117 Å². The number of hydrogen-bond donors (Lipinski definition) is 0. The van der Waals surface area contributed by atoms with Gasteiger partial charge in [0.05, 0.1) is 5.69 Å². The maximum absolute atomic E-state index is 5.95. The van der Waals surface area contributed by atoms with Crippen molar-refractivity contribution < 1.29 is 4.74 Å². The van der Waals surface area contributed by atoms with E-state index < -0.39 is 0 Å². The van der Waals surface area contributed by atoms with Gasteiger partial charge < -0.3 is 9.64 Å². The van der Waals surface area contributed by atoms with Gasteiger partial charge in [0.2, 0.25) is 0 Å². The molecule has 98 valence electrons. The van der Waals surface area contributed by atoms with Crippen LogP contribution >= 0.6 is 11.6 Å². The van der Waals surface area contributed by atoms with Crippen molar-refractivity contribution in [2.75, 3.05) is 11.4 Å². The summed E-state index contributed by atoms with van der Waals surface area (Å²) in [6.45, 7) is 3.08. The van der Waals surface area contributed by atoms with E-state index in [9.17, 15) is 0 Å². The number of fused-ring (bicyclic) bond motifs is 2. The number of aromatic nitrogens is 2. The second-order valence-electron chi connectivity index (χ2n) is 4.43. The van der Waals surface area contributed by atoms with Crippen LogP contribution in [0.2, 0.25) is 5.15 Å². The number of benzene rings is 1. The van der Waals surface area contributed by atoms with Gasteiger partial charge in [0.15, 0.2) is 10.9 Å². The molecule has 0 amide bonds. The third kappa shape index (κ3) is 2.24. The van der Waals surface area contributed by atoms with E-state index >= 15 is 0 Å². The van der Waals surface area contributed by atoms with E-state index in [1.807, 2.05) is 24.3 Å². The van der Waals surface area contributed by atoms with Crippen LogP contribution in [0.5, 0.6) is 11.6 Å². The molecule has 2 heterocycles. The van der Waals surface area contributed by atoms with Crippen molar-refractivity contribution in [3.05, 3.63) is 35.5 Å². The highest BCUT2D eigenvalue weighted by Gasteiger charge is 2.25. The van der Waals surface area contributed by atoms with Crippen molar-refractivity contribution in [3.8, 4) is 11.6 Å². The Kier molecular flexibility index (Phi) is 3.25. The fourth-order valence-electron chi connectivity index (χ4n) is 2.17. The van der Waals surface area contributed by atoms with Crippen LogP contribution in [0, 0.1) is 0 Å². The minimum absolute atomic E-state index is 0.378. The van der Waals surface area contributed by atoms with Crippen molar-refractivity contribution in [1.29, 1.82) is 0 Å². The predicted molar refractivity (Wildman–Crippen MR) is 75.5 cm³/mol. The fraction of sp³-hybridized carbons (Fsp3) is 0.286. The first-order valence-corrected chi connectivity index (χ1v) is 6.75. The molecule has 4 nitrogen and oxygen atoms in total. The molecule has 0 atom stereocenters. The molecule has 19 heavy (non-hydrogen) atoms. The number of rotatable bonds is 3. The van der Waals surface area contributed by atoms with E-state index in [2.05, 4.69) is 22.0 Å². The van der Waals surface area contributed by atoms with Crippen LogP contribution < -0.4 is 9.64 Å². The van der Waals surface area contributed by atoms with Gasteiger partial charge in [-0.05, 0) is 18.6 Å². The number of nitrogens with zero attached hydrogens (tertiary/aromatic N) is 3. The van der Waals surface area contributed by atoms with Crippen molar-refractivity contribution in [2.24, 2.45) is 0 Å². The summed E-state index contributed by atoms with van der Waals surface area (Å²) < 4.78 is 5.77. The van der Waals surface area contributed by atoms with Gasteiger partial charge >= 0.3 is 0 Å². The number of unbranched alkanes of at least 4 members (excludes halogenated alkanes) is 1. The Morgan fingerprint density at radius 2 is 2.05 bits per heavy atom. The number of ether oxygens (including phenoxy) is 1. The zero-order valence-corrected chi connectivity index (χ0v) is 11.4. The smallest absolute Gasteiger partial charge is 0.263 e. The molecule has 0 fully saturated rings. The summed E-state index contributed by atoms with van der Waals surface area (Å²) in [5.41, 5.74) is 1.93. The lowest BCUT2D eigenvalue weighted by Crippen LogP contribution is -2.23. The van der Waals surface area contributed by atoms with E-state index in [-0.39, 0.29) is 0 Å². The molecule has 1 aromatic heterocycles. The van der Waals surface area contributed by atoms with Gasteiger partial charge in [-0.3, -0.25) is 0 Å². The van der Waals surface area contributed by atoms with E-state index in [1.165, 1.54) is 0 Å². The first-order valence-electron chi connectivity index (χ1n) is 6.37. The predicted octanol–water partition coefficient (Wildman–Crippen LogP) is 4.17. The molecule has 5 heteroatoms. The second-order valence-corrected chi connectivity index (χ2v) is 4.82. The Balaban J connectivity index is 2.08. The monoisotopic (exact) mass is 275 g/mol. The Hall–Kier alpha value is -1.81. The van der Waals surface area contributed by atoms with Gasteiger partial charge in [-0.2, -0.15) is 0 Å². The molecular formula is C14H14ClN3O. The topological polar surface area (TPSA) is 38.2 Å². The molecule has 0 spiro atoms. The minimum Gasteiger partial charge on any atom is -0.434 e. The molecule has 2 aromatic rings. The summed E-state index contributed by atoms with van der Waals surface area (Å²) in [5, 5.41) is 8.25. The van der Waals surface area contributed by atoms with Crippen LogP contribution in [0.15, 0.2) is 30.3 Å². The third-order valence-electron chi connectivity index (χ3n) is 3.10. The SMILES string of the molecule is CCCCN1c2ccccc2Oc2nnc(Cl)cc21. The Morgan fingerprint density at radius 1 is 1.21 bits per heavy atom. The fourth-order valence-corrected chi connectivity index (χ4v) is 2.31. The highest BCUT2D eigenvalue weighted by atomic mass is 35.5. The van der Waals surface area contributed by atoms with Gasteiger partial charge in [0.25, 0.3) is 5.88 Å². The summed E-state index contributed by atoms with van der Waals surface area (Å²) in [5.74, 6) is 1.32. The van der Waals surface area contributed by atoms with Gasteiger partial charge in [-0.25, -0.2) is 0 Å². The van der Waals surface area contributed by atoms with E-state index in [0.29, 0.717) is 11.0 Å². The van der Waals surface area contributed by atoms with Crippen LogP contribution in [0.4, 0.5) is 11.4 Å². The Bertz CT molecular complexity index is 603. The summed E-state index contributed by atoms with van der Waals surface area (Å²) in [7, 11) is 0. The molecule has 0 N–H and O–H groups in total. The molecule has 0 radical (unpaired) electrons. The molecule has 1 aliphatic rings. The van der Waals surface area contributed by atoms with E-state index in [0.717, 1.165) is 36.5 Å². The van der Waals surface area contributed by atoms with E-state index in [4.69, 9.17) is 16.3 Å². The number of hydrogen-bond acceptors (Lipinski definition) is 4. The summed E-state index contributed by atoms with van der Waals surface area (Å²) in [6, 6.07) is 9.73. The van der Waals surface area contributed by atoms with Crippen LogP contribution in [0.3, 0.4) is 0 Å². The lowest BCUT2D eigenvalue weighted by Gasteiger charge is -2.31. The summed E-state index contributed by atoms with van der Waals surface area (Å²) >= 11 is 5.95.